The molecule has 1 heterocycles. The van der Waals surface area contributed by atoms with Crippen molar-refractivity contribution in [2.45, 2.75) is 44.1 Å². The van der Waals surface area contributed by atoms with E-state index in [1.54, 1.807) is 0 Å². The molecule has 2 aliphatic rings. The average molecular weight is 213 g/mol. The summed E-state index contributed by atoms with van der Waals surface area (Å²) in [6, 6.07) is 0. The van der Waals surface area contributed by atoms with E-state index in [1.165, 1.54) is 25.7 Å². The van der Waals surface area contributed by atoms with Crippen molar-refractivity contribution in [1.29, 1.82) is 0 Å². The molecule has 3 nitrogen and oxygen atoms in total. The smallest absolute Gasteiger partial charge is 0.0613 e. The van der Waals surface area contributed by atoms with Crippen LogP contribution in [0.1, 0.15) is 38.5 Å². The molecule has 0 aromatic heterocycles. The molecule has 0 spiro atoms. The Morgan fingerprint density at radius 3 is 2.67 bits per heavy atom. The second-order valence-electron chi connectivity index (χ2n) is 5.11. The zero-order valence-corrected chi connectivity index (χ0v) is 9.50. The van der Waals surface area contributed by atoms with E-state index in [4.69, 9.17) is 4.74 Å². The monoisotopic (exact) mass is 213 g/mol. The van der Waals surface area contributed by atoms with Crippen LogP contribution >= 0.6 is 0 Å². The van der Waals surface area contributed by atoms with Gasteiger partial charge < -0.3 is 15.2 Å². The topological polar surface area (TPSA) is 41.5 Å². The first-order chi connectivity index (χ1) is 7.35. The van der Waals surface area contributed by atoms with Crippen LogP contribution < -0.4 is 5.32 Å². The van der Waals surface area contributed by atoms with E-state index >= 15 is 0 Å². The maximum Gasteiger partial charge on any atom is 0.0613 e. The molecule has 2 fully saturated rings. The summed E-state index contributed by atoms with van der Waals surface area (Å²) >= 11 is 0. The van der Waals surface area contributed by atoms with Gasteiger partial charge >= 0.3 is 0 Å². The fourth-order valence-electron chi connectivity index (χ4n) is 2.72. The summed E-state index contributed by atoms with van der Waals surface area (Å²) < 4.78 is 5.36. The Bertz CT molecular complexity index is 184. The number of aliphatic hydroxyl groups excluding tert-OH is 1. The molecule has 1 saturated heterocycles. The van der Waals surface area contributed by atoms with Crippen molar-refractivity contribution in [2.75, 3.05) is 26.4 Å². The molecule has 88 valence electrons. The van der Waals surface area contributed by atoms with Gasteiger partial charge in [0, 0.05) is 18.7 Å². The summed E-state index contributed by atoms with van der Waals surface area (Å²) in [5, 5.41) is 13.1. The predicted molar refractivity (Wildman–Crippen MR) is 59.8 cm³/mol. The standard InChI is InChI=1S/C12H23NO2/c14-10-12(5-2-1-3-6-12)13-8-11-4-7-15-9-11/h11,13-14H,1-10H2. The van der Waals surface area contributed by atoms with Gasteiger partial charge in [-0.2, -0.15) is 0 Å². The van der Waals surface area contributed by atoms with Crippen LogP contribution in [0.4, 0.5) is 0 Å². The van der Waals surface area contributed by atoms with Crippen LogP contribution in [0.15, 0.2) is 0 Å². The highest BCUT2D eigenvalue weighted by molar-refractivity contribution is 4.91. The summed E-state index contributed by atoms with van der Waals surface area (Å²) in [6.45, 7) is 3.12. The van der Waals surface area contributed by atoms with Crippen LogP contribution in [-0.4, -0.2) is 37.0 Å². The van der Waals surface area contributed by atoms with Crippen molar-refractivity contribution in [3.8, 4) is 0 Å². The Kier molecular flexibility index (Phi) is 4.00. The van der Waals surface area contributed by atoms with Gasteiger partial charge in [0.05, 0.1) is 13.2 Å². The lowest BCUT2D eigenvalue weighted by Gasteiger charge is -2.37. The van der Waals surface area contributed by atoms with Crippen molar-refractivity contribution in [3.63, 3.8) is 0 Å². The highest BCUT2D eigenvalue weighted by atomic mass is 16.5. The zero-order valence-electron chi connectivity index (χ0n) is 9.50. The molecule has 3 heteroatoms. The predicted octanol–water partition coefficient (Wildman–Crippen LogP) is 1.31. The first-order valence-corrected chi connectivity index (χ1v) is 6.28. The number of nitrogens with one attached hydrogen (secondary N) is 1. The summed E-state index contributed by atoms with van der Waals surface area (Å²) in [5.74, 6) is 0.662. The fraction of sp³-hybridized carbons (Fsp3) is 1.00. The highest BCUT2D eigenvalue weighted by Gasteiger charge is 2.31. The Balaban J connectivity index is 1.78. The van der Waals surface area contributed by atoms with Crippen molar-refractivity contribution >= 4 is 0 Å². The van der Waals surface area contributed by atoms with Gasteiger partial charge in [-0.15, -0.1) is 0 Å². The number of ether oxygens (including phenoxy) is 1. The first-order valence-electron chi connectivity index (χ1n) is 6.28. The van der Waals surface area contributed by atoms with Crippen molar-refractivity contribution in [1.82, 2.24) is 5.32 Å². The largest absolute Gasteiger partial charge is 0.394 e. The molecule has 0 bridgehead atoms. The second kappa shape index (κ2) is 5.28. The van der Waals surface area contributed by atoms with Gasteiger partial charge in [-0.25, -0.2) is 0 Å². The van der Waals surface area contributed by atoms with E-state index in [-0.39, 0.29) is 5.54 Å². The van der Waals surface area contributed by atoms with Crippen molar-refractivity contribution < 1.29 is 9.84 Å². The molecular formula is C12H23NO2. The molecule has 1 saturated carbocycles. The van der Waals surface area contributed by atoms with Crippen LogP contribution in [0.25, 0.3) is 0 Å². The second-order valence-corrected chi connectivity index (χ2v) is 5.11. The molecule has 1 atom stereocenters. The third-order valence-corrected chi connectivity index (χ3v) is 3.90. The van der Waals surface area contributed by atoms with Gasteiger partial charge in [-0.3, -0.25) is 0 Å². The summed E-state index contributed by atoms with van der Waals surface area (Å²) in [4.78, 5) is 0. The number of aliphatic hydroxyl groups is 1. The fourth-order valence-corrected chi connectivity index (χ4v) is 2.72. The Labute approximate surface area is 92.2 Å². The third-order valence-electron chi connectivity index (χ3n) is 3.90. The van der Waals surface area contributed by atoms with Crippen LogP contribution in [0.3, 0.4) is 0 Å². The lowest BCUT2D eigenvalue weighted by molar-refractivity contribution is 0.113. The number of rotatable bonds is 4. The molecule has 2 N–H and O–H groups in total. The van der Waals surface area contributed by atoms with Gasteiger partial charge in [-0.1, -0.05) is 19.3 Å². The van der Waals surface area contributed by atoms with E-state index in [0.717, 1.165) is 32.6 Å². The minimum Gasteiger partial charge on any atom is -0.394 e. The van der Waals surface area contributed by atoms with Crippen LogP contribution in [0, 0.1) is 5.92 Å². The maximum atomic E-state index is 9.52. The van der Waals surface area contributed by atoms with E-state index in [0.29, 0.717) is 12.5 Å². The average Bonchev–Trinajstić information content (AvgIpc) is 2.81. The van der Waals surface area contributed by atoms with Gasteiger partial charge in [0.25, 0.3) is 0 Å². The molecule has 1 aliphatic carbocycles. The Morgan fingerprint density at radius 2 is 2.07 bits per heavy atom. The third kappa shape index (κ3) is 2.92. The van der Waals surface area contributed by atoms with E-state index < -0.39 is 0 Å². The van der Waals surface area contributed by atoms with Crippen LogP contribution in [-0.2, 0) is 4.74 Å². The minimum atomic E-state index is 0.0286. The Hall–Kier alpha value is -0.120. The molecule has 0 amide bonds. The highest BCUT2D eigenvalue weighted by Crippen LogP contribution is 2.28. The van der Waals surface area contributed by atoms with E-state index in [1.807, 2.05) is 0 Å². The van der Waals surface area contributed by atoms with Crippen LogP contribution in [0.2, 0.25) is 0 Å². The summed E-state index contributed by atoms with van der Waals surface area (Å²) in [6.07, 6.45) is 7.29. The first kappa shape index (κ1) is 11.4. The van der Waals surface area contributed by atoms with Gasteiger partial charge in [0.1, 0.15) is 0 Å². The lowest BCUT2D eigenvalue weighted by atomic mass is 9.82. The minimum absolute atomic E-state index is 0.0286. The normalized spacial score (nSPS) is 30.6. The molecule has 0 aromatic rings. The quantitative estimate of drug-likeness (QED) is 0.740. The van der Waals surface area contributed by atoms with Gasteiger partial charge in [0.15, 0.2) is 0 Å². The molecule has 2 rings (SSSR count). The van der Waals surface area contributed by atoms with Gasteiger partial charge in [-0.05, 0) is 25.2 Å². The van der Waals surface area contributed by atoms with Gasteiger partial charge in [0.2, 0.25) is 0 Å². The summed E-state index contributed by atoms with van der Waals surface area (Å²) in [7, 11) is 0. The molecule has 15 heavy (non-hydrogen) atoms. The summed E-state index contributed by atoms with van der Waals surface area (Å²) in [5.41, 5.74) is 0.0286. The molecule has 1 unspecified atom stereocenters. The number of hydrogen-bond donors (Lipinski definition) is 2. The molecule has 0 radical (unpaired) electrons. The molecule has 0 aromatic carbocycles. The SMILES string of the molecule is OCC1(NCC2CCOC2)CCCCC1. The van der Waals surface area contributed by atoms with E-state index in [9.17, 15) is 5.11 Å². The lowest BCUT2D eigenvalue weighted by Crippen LogP contribution is -2.51. The molecule has 1 aliphatic heterocycles. The maximum absolute atomic E-state index is 9.52. The molecular weight excluding hydrogens is 190 g/mol. The Morgan fingerprint density at radius 1 is 1.27 bits per heavy atom. The van der Waals surface area contributed by atoms with Crippen molar-refractivity contribution in [3.05, 3.63) is 0 Å². The van der Waals surface area contributed by atoms with Crippen molar-refractivity contribution in [2.24, 2.45) is 5.92 Å². The zero-order chi connectivity index (χ0) is 10.6. The van der Waals surface area contributed by atoms with Crippen LogP contribution in [0.5, 0.6) is 0 Å². The van der Waals surface area contributed by atoms with E-state index in [2.05, 4.69) is 5.32 Å². The number of hydrogen-bond acceptors (Lipinski definition) is 3.